The molecule has 0 aliphatic carbocycles. The largest absolute Gasteiger partial charge is 0.488 e. The molecule has 2 aromatic heterocycles. The van der Waals surface area contributed by atoms with E-state index in [-0.39, 0.29) is 0 Å². The Morgan fingerprint density at radius 2 is 1.83 bits per heavy atom. The van der Waals surface area contributed by atoms with Gasteiger partial charge in [-0.15, -0.1) is 10.2 Å². The van der Waals surface area contributed by atoms with Crippen molar-refractivity contribution in [1.82, 2.24) is 19.8 Å². The van der Waals surface area contributed by atoms with E-state index in [0.717, 1.165) is 28.1 Å². The molecular weight excluding hydrogens is 324 g/mol. The first-order valence-electron chi connectivity index (χ1n) is 7.53. The Kier molecular flexibility index (Phi) is 2.84. The molecule has 6 heteroatoms. The summed E-state index contributed by atoms with van der Waals surface area (Å²) < 4.78 is 7.56. The first-order valence-corrected chi connectivity index (χ1v) is 7.91. The molecule has 0 unspecified atom stereocenters. The van der Waals surface area contributed by atoms with Crippen molar-refractivity contribution in [2.45, 2.75) is 6.61 Å². The summed E-state index contributed by atoms with van der Waals surface area (Å²) in [6.07, 6.45) is 0. The first-order chi connectivity index (χ1) is 11.8. The summed E-state index contributed by atoms with van der Waals surface area (Å²) in [6.45, 7) is 0.485. The Bertz CT molecular complexity index is 1070. The van der Waals surface area contributed by atoms with Crippen molar-refractivity contribution in [2.75, 3.05) is 0 Å². The molecule has 0 saturated carbocycles. The number of hydrogen-bond donors (Lipinski definition) is 0. The first kappa shape index (κ1) is 13.5. The zero-order valence-electron chi connectivity index (χ0n) is 12.5. The van der Waals surface area contributed by atoms with Crippen molar-refractivity contribution in [2.24, 2.45) is 0 Å². The third-order valence-corrected chi connectivity index (χ3v) is 4.35. The van der Waals surface area contributed by atoms with E-state index in [1.54, 1.807) is 4.52 Å². The zero-order valence-corrected chi connectivity index (χ0v) is 13.2. The molecule has 0 saturated heterocycles. The van der Waals surface area contributed by atoms with Gasteiger partial charge >= 0.3 is 0 Å². The molecule has 3 heterocycles. The Hall–Kier alpha value is -2.92. The lowest BCUT2D eigenvalue weighted by molar-refractivity contribution is 0.301. The number of ether oxygens (including phenoxy) is 1. The summed E-state index contributed by atoms with van der Waals surface area (Å²) in [6, 6.07) is 17.4. The number of rotatable bonds is 1. The minimum Gasteiger partial charge on any atom is -0.488 e. The van der Waals surface area contributed by atoms with Gasteiger partial charge in [0.2, 0.25) is 0 Å². The number of nitrogens with zero attached hydrogens (tertiary/aromatic N) is 4. The Morgan fingerprint density at radius 1 is 1.00 bits per heavy atom. The Balaban J connectivity index is 1.75. The third-order valence-electron chi connectivity index (χ3n) is 4.10. The predicted octanol–water partition coefficient (Wildman–Crippen LogP) is 4.00. The summed E-state index contributed by atoms with van der Waals surface area (Å²) in [5.74, 6) is 1.53. The van der Waals surface area contributed by atoms with E-state index in [1.165, 1.54) is 0 Å². The summed E-state index contributed by atoms with van der Waals surface area (Å²) in [5.41, 5.74) is 4.51. The van der Waals surface area contributed by atoms with Gasteiger partial charge in [-0.25, -0.2) is 0 Å². The molecule has 4 aromatic rings. The van der Waals surface area contributed by atoms with E-state index in [9.17, 15) is 0 Å². The number of hydrogen-bond acceptors (Lipinski definition) is 4. The molecule has 0 radical (unpaired) electrons. The van der Waals surface area contributed by atoms with Gasteiger partial charge in [0.25, 0.3) is 0 Å². The highest BCUT2D eigenvalue weighted by molar-refractivity contribution is 6.30. The fourth-order valence-electron chi connectivity index (χ4n) is 2.93. The zero-order chi connectivity index (χ0) is 16.1. The van der Waals surface area contributed by atoms with Gasteiger partial charge in [0.05, 0.1) is 0 Å². The van der Waals surface area contributed by atoms with Gasteiger partial charge in [-0.1, -0.05) is 23.7 Å². The van der Waals surface area contributed by atoms with E-state index in [1.807, 2.05) is 54.6 Å². The minimum atomic E-state index is 0.485. The summed E-state index contributed by atoms with van der Waals surface area (Å²) >= 11 is 5.97. The monoisotopic (exact) mass is 334 g/mol. The van der Waals surface area contributed by atoms with Gasteiger partial charge in [0, 0.05) is 21.7 Å². The van der Waals surface area contributed by atoms with Crippen molar-refractivity contribution >= 4 is 17.2 Å². The summed E-state index contributed by atoms with van der Waals surface area (Å²) in [7, 11) is 0. The van der Waals surface area contributed by atoms with Crippen LogP contribution in [0.2, 0.25) is 5.02 Å². The molecule has 0 atom stereocenters. The standard InChI is InChI=1S/C18H11ClN4O/c19-13-7-5-11(6-8-13)18-21-20-16-9-12-10-24-15-4-2-1-3-14(15)17(12)22-23(16)18/h1-9H,10H2. The fraction of sp³-hybridized carbons (Fsp3) is 0.0556. The van der Waals surface area contributed by atoms with Crippen LogP contribution in [0.3, 0.4) is 0 Å². The minimum absolute atomic E-state index is 0.485. The van der Waals surface area contributed by atoms with Crippen LogP contribution in [0.15, 0.2) is 54.6 Å². The third kappa shape index (κ3) is 1.98. The number of para-hydroxylation sites is 1. The molecule has 5 rings (SSSR count). The molecule has 1 aliphatic heterocycles. The molecule has 1 aliphatic rings. The van der Waals surface area contributed by atoms with Gasteiger partial charge < -0.3 is 4.74 Å². The molecule has 24 heavy (non-hydrogen) atoms. The van der Waals surface area contributed by atoms with Crippen molar-refractivity contribution in [1.29, 1.82) is 0 Å². The number of aromatic nitrogens is 4. The highest BCUT2D eigenvalue weighted by Crippen LogP contribution is 2.36. The normalized spacial score (nSPS) is 12.5. The van der Waals surface area contributed by atoms with Gasteiger partial charge in [-0.3, -0.25) is 0 Å². The summed E-state index contributed by atoms with van der Waals surface area (Å²) in [5, 5.41) is 14.0. The molecule has 116 valence electrons. The average molecular weight is 335 g/mol. The Labute approximate surface area is 142 Å². The fourth-order valence-corrected chi connectivity index (χ4v) is 3.05. The average Bonchev–Trinajstić information content (AvgIpc) is 3.03. The van der Waals surface area contributed by atoms with E-state index in [0.29, 0.717) is 23.1 Å². The van der Waals surface area contributed by atoms with Crippen LogP contribution in [0.4, 0.5) is 0 Å². The second-order valence-corrected chi connectivity index (χ2v) is 6.04. The quantitative estimate of drug-likeness (QED) is 0.528. The molecular formula is C18H11ClN4O. The topological polar surface area (TPSA) is 52.3 Å². The van der Waals surface area contributed by atoms with Crippen LogP contribution in [0.1, 0.15) is 5.56 Å². The molecule has 2 aromatic carbocycles. The maximum Gasteiger partial charge on any atom is 0.185 e. The highest BCUT2D eigenvalue weighted by atomic mass is 35.5. The predicted molar refractivity (Wildman–Crippen MR) is 91.0 cm³/mol. The van der Waals surface area contributed by atoms with Gasteiger partial charge in [-0.2, -0.15) is 9.61 Å². The van der Waals surface area contributed by atoms with Gasteiger partial charge in [0.1, 0.15) is 18.1 Å². The molecule has 0 fully saturated rings. The van der Waals surface area contributed by atoms with E-state index < -0.39 is 0 Å². The number of fused-ring (bicyclic) bond motifs is 4. The number of halogens is 1. The summed E-state index contributed by atoms with van der Waals surface area (Å²) in [4.78, 5) is 0. The van der Waals surface area contributed by atoms with E-state index in [2.05, 4.69) is 10.2 Å². The van der Waals surface area contributed by atoms with Gasteiger partial charge in [-0.05, 0) is 42.5 Å². The van der Waals surface area contributed by atoms with Crippen molar-refractivity contribution in [3.8, 4) is 28.4 Å². The van der Waals surface area contributed by atoms with Crippen LogP contribution in [0.25, 0.3) is 28.3 Å². The van der Waals surface area contributed by atoms with Crippen LogP contribution in [0, 0.1) is 0 Å². The maximum atomic E-state index is 5.97. The van der Waals surface area contributed by atoms with E-state index >= 15 is 0 Å². The Morgan fingerprint density at radius 3 is 2.71 bits per heavy atom. The second-order valence-electron chi connectivity index (χ2n) is 5.60. The van der Waals surface area contributed by atoms with Crippen LogP contribution < -0.4 is 4.74 Å². The van der Waals surface area contributed by atoms with Crippen molar-refractivity contribution in [3.63, 3.8) is 0 Å². The van der Waals surface area contributed by atoms with Crippen LogP contribution in [-0.2, 0) is 6.61 Å². The molecule has 0 amide bonds. The van der Waals surface area contributed by atoms with Crippen molar-refractivity contribution < 1.29 is 4.74 Å². The van der Waals surface area contributed by atoms with Crippen LogP contribution >= 0.6 is 11.6 Å². The number of benzene rings is 2. The van der Waals surface area contributed by atoms with Crippen LogP contribution in [-0.4, -0.2) is 19.8 Å². The molecule has 5 nitrogen and oxygen atoms in total. The van der Waals surface area contributed by atoms with E-state index in [4.69, 9.17) is 21.4 Å². The van der Waals surface area contributed by atoms with Crippen LogP contribution in [0.5, 0.6) is 5.75 Å². The second kappa shape index (κ2) is 5.04. The van der Waals surface area contributed by atoms with Gasteiger partial charge in [0.15, 0.2) is 11.5 Å². The lowest BCUT2D eigenvalue weighted by Crippen LogP contribution is -2.10. The smallest absolute Gasteiger partial charge is 0.185 e. The molecule has 0 N–H and O–H groups in total. The SMILES string of the molecule is Clc1ccc(-c2nnc3cc4c(nn23)-c2ccccc2OC4)cc1. The molecule has 0 spiro atoms. The maximum absolute atomic E-state index is 5.97. The lowest BCUT2D eigenvalue weighted by Gasteiger charge is -2.19. The van der Waals surface area contributed by atoms with Crippen molar-refractivity contribution in [3.05, 3.63) is 65.2 Å². The highest BCUT2D eigenvalue weighted by Gasteiger charge is 2.21. The lowest BCUT2D eigenvalue weighted by atomic mass is 10.0. The molecule has 0 bridgehead atoms.